The number of aromatic amines is 1. The van der Waals surface area contributed by atoms with E-state index in [-0.39, 0.29) is 4.90 Å². The van der Waals surface area contributed by atoms with Crippen molar-refractivity contribution in [2.24, 2.45) is 0 Å². The molecule has 3 aromatic rings. The number of rotatable bonds is 7. The molecule has 1 saturated heterocycles. The van der Waals surface area contributed by atoms with Gasteiger partial charge in [0.1, 0.15) is 21.4 Å². The average Bonchev–Trinajstić information content (AvgIpc) is 3.25. The Morgan fingerprint density at radius 2 is 1.94 bits per heavy atom. The van der Waals surface area contributed by atoms with Crippen molar-refractivity contribution < 1.29 is 18.3 Å². The highest BCUT2D eigenvalue weighted by molar-refractivity contribution is 7.90. The van der Waals surface area contributed by atoms with Crippen LogP contribution in [0.25, 0.3) is 10.9 Å². The van der Waals surface area contributed by atoms with E-state index in [0.717, 1.165) is 48.2 Å². The maximum Gasteiger partial charge on any atom is 0.175 e. The maximum atomic E-state index is 11.8. The number of sulfone groups is 1. The molecule has 0 aliphatic carbocycles. The molecule has 2 aromatic carbocycles. The summed E-state index contributed by atoms with van der Waals surface area (Å²) in [6.45, 7) is 2.08. The molecule has 4 rings (SSSR count). The molecule has 2 heterocycles. The number of ether oxygens (including phenoxy) is 1. The van der Waals surface area contributed by atoms with E-state index in [1.54, 1.807) is 12.1 Å². The van der Waals surface area contributed by atoms with Gasteiger partial charge < -0.3 is 25.5 Å². The number of benzene rings is 2. The Balaban J connectivity index is 1.41. The number of fused-ring (bicyclic) bond motifs is 1. The second kappa shape index (κ2) is 10.5. The molecule has 0 unspecified atom stereocenters. The topological polar surface area (TPSA) is 107 Å². The van der Waals surface area contributed by atoms with Crippen LogP contribution >= 0.6 is 0 Å². The molecule has 8 nitrogen and oxygen atoms in total. The van der Waals surface area contributed by atoms with E-state index in [9.17, 15) is 13.5 Å². The van der Waals surface area contributed by atoms with Crippen LogP contribution in [0.4, 0.5) is 11.4 Å². The van der Waals surface area contributed by atoms with Crippen molar-refractivity contribution in [2.45, 2.75) is 29.3 Å². The number of hydrogen-bond donors (Lipinski definition) is 4. The first-order chi connectivity index (χ1) is 17.0. The number of H-pyrrole nitrogens is 1. The predicted octanol–water partition coefficient (Wildman–Crippen LogP) is 0.790. The van der Waals surface area contributed by atoms with Gasteiger partial charge in [0.05, 0.1) is 29.9 Å². The maximum absolute atomic E-state index is 11.8. The normalized spacial score (nSPS) is 15.3. The summed E-state index contributed by atoms with van der Waals surface area (Å²) in [6.07, 6.45) is 3.11. The summed E-state index contributed by atoms with van der Waals surface area (Å²) in [7, 11) is 1.88. The zero-order valence-electron chi connectivity index (χ0n) is 21.2. The number of hydrogen-bond acceptors (Lipinski definition) is 7. The van der Waals surface area contributed by atoms with Crippen LogP contribution < -0.4 is 15.4 Å². The Hall–Kier alpha value is -3.06. The minimum Gasteiger partial charge on any atom is -0.495 e. The Labute approximate surface area is 214 Å². The number of likely N-dealkylation sites (tertiary alicyclic amines) is 1. The molecular formula is C25H32B2N4O4S. The van der Waals surface area contributed by atoms with Gasteiger partial charge in [-0.2, -0.15) is 0 Å². The van der Waals surface area contributed by atoms with Crippen LogP contribution in [0.1, 0.15) is 18.5 Å². The van der Waals surface area contributed by atoms with E-state index in [1.807, 2.05) is 27.8 Å². The molecule has 1 aliphatic rings. The van der Waals surface area contributed by atoms with Crippen molar-refractivity contribution in [1.29, 1.82) is 0 Å². The lowest BCUT2D eigenvalue weighted by Gasteiger charge is -2.40. The molecule has 0 radical (unpaired) electrons. The highest BCUT2D eigenvalue weighted by atomic mass is 32.2. The van der Waals surface area contributed by atoms with Gasteiger partial charge in [0.25, 0.3) is 0 Å². The summed E-state index contributed by atoms with van der Waals surface area (Å²) in [6, 6.07) is 13.3. The van der Waals surface area contributed by atoms with Crippen LogP contribution in [0.2, 0.25) is 0 Å². The van der Waals surface area contributed by atoms with E-state index in [2.05, 4.69) is 44.5 Å². The average molecular weight is 506 g/mol. The third-order valence-electron chi connectivity index (χ3n) is 6.48. The first-order valence-corrected chi connectivity index (χ1v) is 13.9. The third kappa shape index (κ3) is 6.19. The van der Waals surface area contributed by atoms with Crippen LogP contribution in [0.15, 0.2) is 47.4 Å². The van der Waals surface area contributed by atoms with Gasteiger partial charge in [0.2, 0.25) is 0 Å². The molecule has 188 valence electrons. The number of piperidine rings is 1. The summed E-state index contributed by atoms with van der Waals surface area (Å²) in [5.74, 6) is 6.73. The van der Waals surface area contributed by atoms with Crippen LogP contribution in [-0.2, 0) is 9.84 Å². The molecule has 1 aromatic heterocycles. The number of nitrogens with one attached hydrogen (secondary N) is 3. The molecule has 11 heteroatoms. The van der Waals surface area contributed by atoms with Crippen molar-refractivity contribution in [1.82, 2.24) is 9.88 Å². The first-order valence-electron chi connectivity index (χ1n) is 12.0. The van der Waals surface area contributed by atoms with Crippen molar-refractivity contribution >= 4 is 47.8 Å². The molecule has 0 bridgehead atoms. The largest absolute Gasteiger partial charge is 0.495 e. The fraction of sp³-hybridized carbons (Fsp3) is 0.360. The predicted molar refractivity (Wildman–Crippen MR) is 150 cm³/mol. The third-order valence-corrected chi connectivity index (χ3v) is 7.59. The highest BCUT2D eigenvalue weighted by Crippen LogP contribution is 2.28. The Bertz CT molecular complexity index is 1400. The molecule has 4 N–H and O–H groups in total. The smallest absolute Gasteiger partial charge is 0.175 e. The quantitative estimate of drug-likeness (QED) is 0.278. The Kier molecular flexibility index (Phi) is 7.59. The summed E-state index contributed by atoms with van der Waals surface area (Å²) in [4.78, 5) is 5.69. The van der Waals surface area contributed by atoms with Crippen molar-refractivity contribution in [2.75, 3.05) is 43.6 Å². The lowest BCUT2D eigenvalue weighted by atomic mass is 9.71. The van der Waals surface area contributed by atoms with Gasteiger partial charge in [-0.1, -0.05) is 12.0 Å². The summed E-state index contributed by atoms with van der Waals surface area (Å²) in [5.41, 5.74) is 2.81. The first kappa shape index (κ1) is 26.0. The van der Waals surface area contributed by atoms with E-state index < -0.39 is 15.4 Å². The highest BCUT2D eigenvalue weighted by Gasteiger charge is 2.28. The monoisotopic (exact) mass is 506 g/mol. The lowest BCUT2D eigenvalue weighted by molar-refractivity contribution is 0.0160. The second-order valence-corrected chi connectivity index (χ2v) is 11.7. The Morgan fingerprint density at radius 3 is 2.61 bits per heavy atom. The molecule has 0 saturated carbocycles. The van der Waals surface area contributed by atoms with Crippen LogP contribution in [0.3, 0.4) is 0 Å². The van der Waals surface area contributed by atoms with Gasteiger partial charge >= 0.3 is 0 Å². The van der Waals surface area contributed by atoms with Gasteiger partial charge in [0, 0.05) is 53.6 Å². The second-order valence-electron chi connectivity index (χ2n) is 9.64. The van der Waals surface area contributed by atoms with Crippen molar-refractivity contribution in [3.63, 3.8) is 0 Å². The van der Waals surface area contributed by atoms with Gasteiger partial charge in [-0.15, -0.1) is 0 Å². The number of methoxy groups -OCH3 is 1. The molecule has 1 aliphatic heterocycles. The standard InChI is InChI=1S/C25H32B2N4O4S/c1-35-24-16-19(36(2,33)34)8-9-23(24)28-12-4-5-18-15-20-21(6-3-7-22(20)30-18)29-17-10-13-31(14-11-17)25(26,27)32/h3,6-9,15-17,28-30,32H,10-14,26-27H2,1-2H3. The molecule has 1 fully saturated rings. The number of aliphatic hydroxyl groups is 1. The van der Waals surface area contributed by atoms with Gasteiger partial charge in [-0.3, -0.25) is 4.90 Å². The summed E-state index contributed by atoms with van der Waals surface area (Å²) < 4.78 is 28.9. The van der Waals surface area contributed by atoms with E-state index >= 15 is 0 Å². The minimum absolute atomic E-state index is 0.210. The van der Waals surface area contributed by atoms with Gasteiger partial charge in [0.15, 0.2) is 9.84 Å². The van der Waals surface area contributed by atoms with Crippen molar-refractivity contribution in [3.8, 4) is 17.6 Å². The molecule has 36 heavy (non-hydrogen) atoms. The van der Waals surface area contributed by atoms with Crippen LogP contribution in [0.5, 0.6) is 5.75 Å². The molecule has 0 spiro atoms. The van der Waals surface area contributed by atoms with E-state index in [4.69, 9.17) is 4.74 Å². The number of aromatic nitrogens is 1. The van der Waals surface area contributed by atoms with Crippen LogP contribution in [-0.4, -0.2) is 83.7 Å². The zero-order valence-corrected chi connectivity index (χ0v) is 22.0. The fourth-order valence-corrected chi connectivity index (χ4v) is 5.10. The fourth-order valence-electron chi connectivity index (χ4n) is 4.47. The zero-order chi connectivity index (χ0) is 25.9. The molecular weight excluding hydrogens is 474 g/mol. The molecule has 0 amide bonds. The van der Waals surface area contributed by atoms with E-state index in [1.165, 1.54) is 19.4 Å². The lowest BCUT2D eigenvalue weighted by Crippen LogP contribution is -2.54. The van der Waals surface area contributed by atoms with Gasteiger partial charge in [-0.05, 0) is 49.1 Å². The SMILES string of the molecule is BC(B)(O)N1CCC(Nc2cccc3[nH]c(C#CCNc4ccc(S(C)(=O)=O)cc4OC)cc23)CC1. The van der Waals surface area contributed by atoms with Gasteiger partial charge in [-0.25, -0.2) is 8.42 Å². The van der Waals surface area contributed by atoms with Crippen molar-refractivity contribution in [3.05, 3.63) is 48.2 Å². The number of nitrogens with zero attached hydrogens (tertiary/aromatic N) is 1. The van der Waals surface area contributed by atoms with E-state index in [0.29, 0.717) is 24.0 Å². The molecule has 0 atom stereocenters. The summed E-state index contributed by atoms with van der Waals surface area (Å²) >= 11 is 0. The summed E-state index contributed by atoms with van der Waals surface area (Å²) in [5, 5.41) is 18.2. The minimum atomic E-state index is -3.31. The van der Waals surface area contributed by atoms with Crippen LogP contribution in [0, 0.1) is 11.8 Å². The number of anilines is 2. The Morgan fingerprint density at radius 1 is 1.19 bits per heavy atom.